The van der Waals surface area contributed by atoms with E-state index in [2.05, 4.69) is 31.3 Å². The molecule has 0 aromatic heterocycles. The fourth-order valence-corrected chi connectivity index (χ4v) is 2.98. The molecule has 1 aromatic carbocycles. The van der Waals surface area contributed by atoms with Gasteiger partial charge in [0.25, 0.3) is 0 Å². The lowest BCUT2D eigenvalue weighted by Gasteiger charge is -2.31. The Morgan fingerprint density at radius 3 is 2.40 bits per heavy atom. The minimum atomic E-state index is -0.441. The summed E-state index contributed by atoms with van der Waals surface area (Å²) in [6.45, 7) is 8.53. The minimum Gasteiger partial charge on any atom is -0.378 e. The van der Waals surface area contributed by atoms with E-state index in [1.807, 2.05) is 19.1 Å². The molecule has 5 nitrogen and oxygen atoms in total. The molecule has 0 saturated carbocycles. The lowest BCUT2D eigenvalue weighted by molar-refractivity contribution is -0.140. The van der Waals surface area contributed by atoms with Crippen LogP contribution in [-0.2, 0) is 20.7 Å². The Hall–Kier alpha value is -1.88. The van der Waals surface area contributed by atoms with Crippen LogP contribution in [-0.4, -0.2) is 49.1 Å². The van der Waals surface area contributed by atoms with E-state index in [4.69, 9.17) is 4.74 Å². The molecule has 1 atom stereocenters. The van der Waals surface area contributed by atoms with E-state index < -0.39 is 6.04 Å². The Kier molecular flexibility index (Phi) is 7.44. The predicted octanol–water partition coefficient (Wildman–Crippen LogP) is 2.32. The minimum absolute atomic E-state index is 0.0145. The number of benzene rings is 1. The number of hydrogen-bond donors (Lipinski definition) is 1. The average molecular weight is 346 g/mol. The highest BCUT2D eigenvalue weighted by Crippen LogP contribution is 2.11. The van der Waals surface area contributed by atoms with E-state index in [-0.39, 0.29) is 11.8 Å². The summed E-state index contributed by atoms with van der Waals surface area (Å²) < 4.78 is 5.31. The Balaban J connectivity index is 1.89. The predicted molar refractivity (Wildman–Crippen MR) is 98.3 cm³/mol. The summed E-state index contributed by atoms with van der Waals surface area (Å²) in [7, 11) is 0. The van der Waals surface area contributed by atoms with Gasteiger partial charge in [0.1, 0.15) is 6.04 Å². The van der Waals surface area contributed by atoms with Crippen LogP contribution in [0.4, 0.5) is 0 Å². The summed E-state index contributed by atoms with van der Waals surface area (Å²) in [6.07, 6.45) is 1.74. The van der Waals surface area contributed by atoms with E-state index >= 15 is 0 Å². The maximum Gasteiger partial charge on any atom is 0.245 e. The summed E-state index contributed by atoms with van der Waals surface area (Å²) in [5.41, 5.74) is 2.35. The molecule has 2 rings (SSSR count). The Bertz CT molecular complexity index is 563. The van der Waals surface area contributed by atoms with Gasteiger partial charge in [-0.2, -0.15) is 0 Å². The highest BCUT2D eigenvalue weighted by molar-refractivity contribution is 5.87. The second-order valence-electron chi connectivity index (χ2n) is 7.17. The molecule has 1 heterocycles. The summed E-state index contributed by atoms with van der Waals surface area (Å²) >= 11 is 0. The number of aryl methyl sites for hydroxylation is 2. The standard InChI is InChI=1S/C20H30N2O3/c1-15(2)14-18(20(24)22-10-12-25-13-11-22)21-19(23)9-8-17-6-4-16(3)5-7-17/h4-7,15,18H,8-14H2,1-3H3,(H,21,23)/t18-/m0/s1. The van der Waals surface area contributed by atoms with Gasteiger partial charge in [0, 0.05) is 19.5 Å². The molecular weight excluding hydrogens is 316 g/mol. The fourth-order valence-electron chi connectivity index (χ4n) is 2.98. The van der Waals surface area contributed by atoms with Crippen molar-refractivity contribution in [3.63, 3.8) is 0 Å². The molecular formula is C20H30N2O3. The second kappa shape index (κ2) is 9.56. The first-order chi connectivity index (χ1) is 12.0. The number of carbonyl (C=O) groups is 2. The molecule has 1 aromatic rings. The molecule has 0 radical (unpaired) electrons. The van der Waals surface area contributed by atoms with E-state index in [9.17, 15) is 9.59 Å². The number of ether oxygens (including phenoxy) is 1. The Morgan fingerprint density at radius 1 is 1.16 bits per heavy atom. The molecule has 0 bridgehead atoms. The molecule has 1 fully saturated rings. The first-order valence-corrected chi connectivity index (χ1v) is 9.17. The zero-order chi connectivity index (χ0) is 18.2. The van der Waals surface area contributed by atoms with Crippen molar-refractivity contribution in [1.29, 1.82) is 0 Å². The third-order valence-electron chi connectivity index (χ3n) is 4.42. The van der Waals surface area contributed by atoms with Gasteiger partial charge in [-0.05, 0) is 31.2 Å². The van der Waals surface area contributed by atoms with Gasteiger partial charge >= 0.3 is 0 Å². The highest BCUT2D eigenvalue weighted by Gasteiger charge is 2.27. The fraction of sp³-hybridized carbons (Fsp3) is 0.600. The number of nitrogens with zero attached hydrogens (tertiary/aromatic N) is 1. The topological polar surface area (TPSA) is 58.6 Å². The lowest BCUT2D eigenvalue weighted by atomic mass is 10.0. The lowest BCUT2D eigenvalue weighted by Crippen LogP contribution is -2.52. The Labute approximate surface area is 150 Å². The summed E-state index contributed by atoms with van der Waals surface area (Å²) in [5, 5.41) is 2.96. The van der Waals surface area contributed by atoms with Crippen molar-refractivity contribution in [3.05, 3.63) is 35.4 Å². The number of carbonyl (C=O) groups excluding carboxylic acids is 2. The van der Waals surface area contributed by atoms with Gasteiger partial charge in [0.05, 0.1) is 13.2 Å². The smallest absolute Gasteiger partial charge is 0.245 e. The van der Waals surface area contributed by atoms with Gasteiger partial charge in [-0.25, -0.2) is 0 Å². The zero-order valence-electron chi connectivity index (χ0n) is 15.6. The number of amides is 2. The van der Waals surface area contributed by atoms with Crippen molar-refractivity contribution in [2.24, 2.45) is 5.92 Å². The van der Waals surface area contributed by atoms with Gasteiger partial charge in [0.2, 0.25) is 11.8 Å². The highest BCUT2D eigenvalue weighted by atomic mass is 16.5. The van der Waals surface area contributed by atoms with Crippen LogP contribution in [0.3, 0.4) is 0 Å². The molecule has 0 aliphatic carbocycles. The van der Waals surface area contributed by atoms with Crippen molar-refractivity contribution >= 4 is 11.8 Å². The molecule has 1 aliphatic heterocycles. The van der Waals surface area contributed by atoms with Crippen molar-refractivity contribution in [2.75, 3.05) is 26.3 Å². The largest absolute Gasteiger partial charge is 0.378 e. The summed E-state index contributed by atoms with van der Waals surface area (Å²) in [4.78, 5) is 26.9. The van der Waals surface area contributed by atoms with Crippen molar-refractivity contribution < 1.29 is 14.3 Å². The summed E-state index contributed by atoms with van der Waals surface area (Å²) in [5.74, 6) is 0.293. The molecule has 138 valence electrons. The van der Waals surface area contributed by atoms with Gasteiger partial charge in [0.15, 0.2) is 0 Å². The first kappa shape index (κ1) is 19.4. The van der Waals surface area contributed by atoms with Crippen LogP contribution in [0.25, 0.3) is 0 Å². The van der Waals surface area contributed by atoms with Crippen LogP contribution in [0.2, 0.25) is 0 Å². The van der Waals surface area contributed by atoms with E-state index in [1.165, 1.54) is 5.56 Å². The zero-order valence-corrected chi connectivity index (χ0v) is 15.6. The van der Waals surface area contributed by atoms with Gasteiger partial charge in [-0.1, -0.05) is 43.7 Å². The maximum atomic E-state index is 12.7. The SMILES string of the molecule is Cc1ccc(CCC(=O)N[C@@H](CC(C)C)C(=O)N2CCOCC2)cc1. The molecule has 0 unspecified atom stereocenters. The summed E-state index contributed by atoms with van der Waals surface area (Å²) in [6, 6.07) is 7.76. The van der Waals surface area contributed by atoms with E-state index in [1.54, 1.807) is 4.90 Å². The Morgan fingerprint density at radius 2 is 1.80 bits per heavy atom. The third-order valence-corrected chi connectivity index (χ3v) is 4.42. The van der Waals surface area contributed by atoms with E-state index in [0.717, 1.165) is 5.56 Å². The molecule has 25 heavy (non-hydrogen) atoms. The number of nitrogens with one attached hydrogen (secondary N) is 1. The third kappa shape index (κ3) is 6.50. The van der Waals surface area contributed by atoms with Crippen LogP contribution in [0, 0.1) is 12.8 Å². The van der Waals surface area contributed by atoms with Crippen LogP contribution < -0.4 is 5.32 Å². The molecule has 0 spiro atoms. The quantitative estimate of drug-likeness (QED) is 0.824. The molecule has 1 saturated heterocycles. The van der Waals surface area contributed by atoms with Crippen molar-refractivity contribution in [1.82, 2.24) is 10.2 Å². The molecule has 2 amide bonds. The first-order valence-electron chi connectivity index (χ1n) is 9.17. The monoisotopic (exact) mass is 346 g/mol. The van der Waals surface area contributed by atoms with Crippen LogP contribution >= 0.6 is 0 Å². The second-order valence-corrected chi connectivity index (χ2v) is 7.17. The average Bonchev–Trinajstić information content (AvgIpc) is 2.60. The number of morpholine rings is 1. The molecule has 1 aliphatic rings. The number of rotatable bonds is 7. The van der Waals surface area contributed by atoms with Gasteiger partial charge in [-0.3, -0.25) is 9.59 Å². The van der Waals surface area contributed by atoms with Crippen LogP contribution in [0.5, 0.6) is 0 Å². The van der Waals surface area contributed by atoms with Crippen molar-refractivity contribution in [3.8, 4) is 0 Å². The van der Waals surface area contributed by atoms with E-state index in [0.29, 0.717) is 51.5 Å². The van der Waals surface area contributed by atoms with Crippen LogP contribution in [0.15, 0.2) is 24.3 Å². The molecule has 1 N–H and O–H groups in total. The van der Waals surface area contributed by atoms with Gasteiger partial charge in [-0.15, -0.1) is 0 Å². The van der Waals surface area contributed by atoms with Crippen molar-refractivity contribution in [2.45, 2.75) is 46.1 Å². The number of hydrogen-bond acceptors (Lipinski definition) is 3. The van der Waals surface area contributed by atoms with Gasteiger partial charge < -0.3 is 15.0 Å². The maximum absolute atomic E-state index is 12.7. The molecule has 5 heteroatoms. The van der Waals surface area contributed by atoms with Crippen LogP contribution in [0.1, 0.15) is 37.8 Å². The normalized spacial score (nSPS) is 15.9.